The van der Waals surface area contributed by atoms with Gasteiger partial charge in [0.25, 0.3) is 0 Å². The summed E-state index contributed by atoms with van der Waals surface area (Å²) in [6.07, 6.45) is 1.76. The Labute approximate surface area is 183 Å². The summed E-state index contributed by atoms with van der Waals surface area (Å²) in [6.45, 7) is 2.94. The lowest BCUT2D eigenvalue weighted by Crippen LogP contribution is -2.02. The minimum Gasteiger partial charge on any atom is -0.490 e. The Hall–Kier alpha value is -2.25. The standard InChI is InChI=1S/C22H20ClIN2O2/c1-2-27-21-13-17(14-25-26-19-6-4-3-5-7-19)12-20(24)22(21)28-15-16-8-10-18(23)11-9-16/h3-14,26H,2,15H2,1H3. The Bertz CT molecular complexity index is 931. The zero-order valence-corrected chi connectivity index (χ0v) is 18.3. The van der Waals surface area contributed by atoms with E-state index < -0.39 is 0 Å². The van der Waals surface area contributed by atoms with Gasteiger partial charge in [-0.15, -0.1) is 0 Å². The summed E-state index contributed by atoms with van der Waals surface area (Å²) in [5, 5.41) is 5.01. The van der Waals surface area contributed by atoms with E-state index in [1.54, 1.807) is 6.21 Å². The number of ether oxygens (including phenoxy) is 2. The predicted octanol–water partition coefficient (Wildman–Crippen LogP) is 6.37. The van der Waals surface area contributed by atoms with E-state index in [2.05, 4.69) is 33.1 Å². The number of hydrazone groups is 1. The largest absolute Gasteiger partial charge is 0.490 e. The van der Waals surface area contributed by atoms with Crippen LogP contribution in [-0.2, 0) is 6.61 Å². The molecule has 0 aromatic heterocycles. The lowest BCUT2D eigenvalue weighted by molar-refractivity contribution is 0.267. The molecule has 0 aliphatic heterocycles. The average molecular weight is 507 g/mol. The molecule has 0 atom stereocenters. The van der Waals surface area contributed by atoms with Crippen LogP contribution < -0.4 is 14.9 Å². The number of benzene rings is 3. The quantitative estimate of drug-likeness (QED) is 0.219. The van der Waals surface area contributed by atoms with E-state index in [1.165, 1.54) is 0 Å². The maximum Gasteiger partial charge on any atom is 0.175 e. The molecule has 0 aliphatic rings. The third-order valence-corrected chi connectivity index (χ3v) is 4.86. The number of hydrogen-bond donors (Lipinski definition) is 1. The molecule has 0 saturated heterocycles. The monoisotopic (exact) mass is 506 g/mol. The summed E-state index contributed by atoms with van der Waals surface area (Å²) in [5.74, 6) is 1.43. The molecule has 144 valence electrons. The third-order valence-electron chi connectivity index (χ3n) is 3.81. The van der Waals surface area contributed by atoms with Crippen molar-refractivity contribution in [3.63, 3.8) is 0 Å². The van der Waals surface area contributed by atoms with Gasteiger partial charge in [0.05, 0.1) is 22.1 Å². The minimum atomic E-state index is 0.441. The first-order valence-electron chi connectivity index (χ1n) is 8.83. The van der Waals surface area contributed by atoms with Gasteiger partial charge in [-0.25, -0.2) is 0 Å². The first-order chi connectivity index (χ1) is 13.7. The minimum absolute atomic E-state index is 0.441. The van der Waals surface area contributed by atoms with Crippen molar-refractivity contribution in [3.8, 4) is 11.5 Å². The van der Waals surface area contributed by atoms with Gasteiger partial charge in [-0.1, -0.05) is 41.9 Å². The van der Waals surface area contributed by atoms with Crippen LogP contribution >= 0.6 is 34.2 Å². The Morgan fingerprint density at radius 2 is 1.79 bits per heavy atom. The van der Waals surface area contributed by atoms with Gasteiger partial charge in [0.1, 0.15) is 6.61 Å². The topological polar surface area (TPSA) is 42.8 Å². The van der Waals surface area contributed by atoms with Crippen LogP contribution in [0.3, 0.4) is 0 Å². The average Bonchev–Trinajstić information content (AvgIpc) is 2.70. The third kappa shape index (κ3) is 5.87. The van der Waals surface area contributed by atoms with Crippen LogP contribution in [0.15, 0.2) is 71.8 Å². The van der Waals surface area contributed by atoms with E-state index in [0.29, 0.717) is 24.0 Å². The van der Waals surface area contributed by atoms with E-state index in [1.807, 2.05) is 73.7 Å². The summed E-state index contributed by atoms with van der Waals surface area (Å²) in [7, 11) is 0. The van der Waals surface area contributed by atoms with E-state index in [-0.39, 0.29) is 0 Å². The maximum absolute atomic E-state index is 6.04. The molecule has 0 radical (unpaired) electrons. The second-order valence-corrected chi connectivity index (χ2v) is 7.51. The van der Waals surface area contributed by atoms with Crippen molar-refractivity contribution in [2.45, 2.75) is 13.5 Å². The molecule has 4 nitrogen and oxygen atoms in total. The first-order valence-corrected chi connectivity index (χ1v) is 10.3. The molecule has 1 N–H and O–H groups in total. The maximum atomic E-state index is 6.04. The fraction of sp³-hybridized carbons (Fsp3) is 0.136. The zero-order chi connectivity index (χ0) is 19.8. The van der Waals surface area contributed by atoms with Crippen molar-refractivity contribution in [2.75, 3.05) is 12.0 Å². The van der Waals surface area contributed by atoms with Crippen LogP contribution in [0.1, 0.15) is 18.1 Å². The molecular formula is C22H20ClIN2O2. The normalized spacial score (nSPS) is 10.8. The summed E-state index contributed by atoms with van der Waals surface area (Å²) in [4.78, 5) is 0. The van der Waals surface area contributed by atoms with Gasteiger partial charge in [-0.3, -0.25) is 5.43 Å². The molecule has 0 bridgehead atoms. The predicted molar refractivity (Wildman–Crippen MR) is 124 cm³/mol. The number of para-hydroxylation sites is 1. The van der Waals surface area contributed by atoms with Crippen LogP contribution in [-0.4, -0.2) is 12.8 Å². The highest BCUT2D eigenvalue weighted by atomic mass is 127. The van der Waals surface area contributed by atoms with Gasteiger partial charge in [-0.05, 0) is 77.0 Å². The van der Waals surface area contributed by atoms with Gasteiger partial charge in [0, 0.05) is 5.02 Å². The fourth-order valence-electron chi connectivity index (χ4n) is 2.50. The first kappa shape index (κ1) is 20.5. The van der Waals surface area contributed by atoms with Crippen LogP contribution in [0, 0.1) is 3.57 Å². The van der Waals surface area contributed by atoms with Crippen molar-refractivity contribution in [2.24, 2.45) is 5.10 Å². The smallest absolute Gasteiger partial charge is 0.175 e. The van der Waals surface area contributed by atoms with E-state index in [4.69, 9.17) is 21.1 Å². The molecule has 28 heavy (non-hydrogen) atoms. The Balaban J connectivity index is 1.74. The van der Waals surface area contributed by atoms with Crippen molar-refractivity contribution < 1.29 is 9.47 Å². The van der Waals surface area contributed by atoms with Crippen molar-refractivity contribution >= 4 is 46.1 Å². The molecule has 3 aromatic rings. The Morgan fingerprint density at radius 3 is 2.50 bits per heavy atom. The van der Waals surface area contributed by atoms with E-state index in [0.717, 1.165) is 26.1 Å². The van der Waals surface area contributed by atoms with Gasteiger partial charge < -0.3 is 9.47 Å². The molecule has 3 rings (SSSR count). The van der Waals surface area contributed by atoms with Crippen molar-refractivity contribution in [3.05, 3.63) is 86.4 Å². The Kier molecular flexibility index (Phi) is 7.56. The summed E-state index contributed by atoms with van der Waals surface area (Å²) < 4.78 is 12.8. The van der Waals surface area contributed by atoms with Crippen molar-refractivity contribution in [1.82, 2.24) is 0 Å². The molecule has 6 heteroatoms. The molecule has 0 amide bonds. The fourth-order valence-corrected chi connectivity index (χ4v) is 3.40. The molecule has 0 unspecified atom stereocenters. The number of hydrogen-bond acceptors (Lipinski definition) is 4. The van der Waals surface area contributed by atoms with Crippen molar-refractivity contribution in [1.29, 1.82) is 0 Å². The molecule has 0 heterocycles. The van der Waals surface area contributed by atoms with Crippen LogP contribution in [0.2, 0.25) is 5.02 Å². The second-order valence-electron chi connectivity index (χ2n) is 5.91. The van der Waals surface area contributed by atoms with Gasteiger partial charge in [0.2, 0.25) is 0 Å². The summed E-state index contributed by atoms with van der Waals surface area (Å²) in [6, 6.07) is 21.4. The van der Waals surface area contributed by atoms with Gasteiger partial charge >= 0.3 is 0 Å². The SMILES string of the molecule is CCOc1cc(C=NNc2ccccc2)cc(I)c1OCc1ccc(Cl)cc1. The highest BCUT2D eigenvalue weighted by Crippen LogP contribution is 2.34. The van der Waals surface area contributed by atoms with Gasteiger partial charge in [-0.2, -0.15) is 5.10 Å². The number of rotatable bonds is 8. The Morgan fingerprint density at radius 1 is 1.04 bits per heavy atom. The van der Waals surface area contributed by atoms with Crippen LogP contribution in [0.5, 0.6) is 11.5 Å². The number of halogens is 2. The lowest BCUT2D eigenvalue weighted by atomic mass is 10.2. The molecule has 0 spiro atoms. The lowest BCUT2D eigenvalue weighted by Gasteiger charge is -2.15. The molecule has 0 aliphatic carbocycles. The second kappa shape index (κ2) is 10.3. The van der Waals surface area contributed by atoms with Crippen LogP contribution in [0.4, 0.5) is 5.69 Å². The van der Waals surface area contributed by atoms with Crippen LogP contribution in [0.25, 0.3) is 0 Å². The number of nitrogens with zero attached hydrogens (tertiary/aromatic N) is 1. The molecule has 3 aromatic carbocycles. The highest BCUT2D eigenvalue weighted by molar-refractivity contribution is 14.1. The highest BCUT2D eigenvalue weighted by Gasteiger charge is 2.12. The summed E-state index contributed by atoms with van der Waals surface area (Å²) >= 11 is 8.19. The molecule has 0 saturated carbocycles. The van der Waals surface area contributed by atoms with E-state index in [9.17, 15) is 0 Å². The summed E-state index contributed by atoms with van der Waals surface area (Å²) in [5.41, 5.74) is 5.91. The zero-order valence-electron chi connectivity index (χ0n) is 15.4. The van der Waals surface area contributed by atoms with E-state index >= 15 is 0 Å². The molecule has 0 fully saturated rings. The molecular weight excluding hydrogens is 487 g/mol. The number of anilines is 1. The van der Waals surface area contributed by atoms with Gasteiger partial charge in [0.15, 0.2) is 11.5 Å². The number of nitrogens with one attached hydrogen (secondary N) is 1.